The second-order valence-electron chi connectivity index (χ2n) is 6.76. The van der Waals surface area contributed by atoms with Crippen LogP contribution >= 0.6 is 0 Å². The van der Waals surface area contributed by atoms with Crippen molar-refractivity contribution in [3.05, 3.63) is 75.8 Å². The van der Waals surface area contributed by atoms with E-state index in [1.54, 1.807) is 6.07 Å². The minimum absolute atomic E-state index is 0.117. The Balaban J connectivity index is 1.68. The van der Waals surface area contributed by atoms with Crippen LogP contribution in [-0.2, 0) is 10.2 Å². The maximum Gasteiger partial charge on any atom is 0.314 e. The van der Waals surface area contributed by atoms with Crippen LogP contribution in [0.2, 0.25) is 0 Å². The number of hydrogen-bond donors (Lipinski definition) is 1. The highest BCUT2D eigenvalue weighted by Gasteiger charge is 2.43. The summed E-state index contributed by atoms with van der Waals surface area (Å²) < 4.78 is 0. The van der Waals surface area contributed by atoms with E-state index >= 15 is 0 Å². The van der Waals surface area contributed by atoms with Crippen molar-refractivity contribution in [3.8, 4) is 0 Å². The lowest BCUT2D eigenvalue weighted by molar-refractivity contribution is -0.384. The normalized spacial score (nSPS) is 16.6. The molecule has 3 rings (SSSR count). The number of hydrogen-bond acceptors (Lipinski definition) is 5. The number of nitro groups is 1. The topological polar surface area (TPSA) is 101 Å². The number of aliphatic carboxylic acids is 1. The predicted octanol–water partition coefficient (Wildman–Crippen LogP) is 2.90. The molecule has 1 aliphatic heterocycles. The zero-order valence-corrected chi connectivity index (χ0v) is 14.7. The van der Waals surface area contributed by atoms with Crippen molar-refractivity contribution in [2.24, 2.45) is 0 Å². The van der Waals surface area contributed by atoms with Gasteiger partial charge in [0.25, 0.3) is 5.69 Å². The molecule has 27 heavy (non-hydrogen) atoms. The number of non-ortho nitro benzene ring substituents is 1. The standard InChI is InChI=1S/C20H20N2O5/c23-18(15-5-4-8-17(13-15)22(26)27)14-21-11-9-20(10-12-21,19(24)25)16-6-2-1-3-7-16/h1-8,13H,9-12,14H2,(H,24,25). The van der Waals surface area contributed by atoms with Crippen LogP contribution in [-0.4, -0.2) is 46.3 Å². The van der Waals surface area contributed by atoms with Gasteiger partial charge < -0.3 is 5.11 Å². The van der Waals surface area contributed by atoms with Crippen LogP contribution in [0.3, 0.4) is 0 Å². The SMILES string of the molecule is O=C(CN1CCC(C(=O)O)(c2ccccc2)CC1)c1cccc([N+](=O)[O-])c1. The molecule has 0 radical (unpaired) electrons. The second-order valence-corrected chi connectivity index (χ2v) is 6.76. The number of rotatable bonds is 6. The zero-order valence-electron chi connectivity index (χ0n) is 14.7. The number of carboxylic acids is 1. The van der Waals surface area contributed by atoms with Crippen LogP contribution in [0.15, 0.2) is 54.6 Å². The first-order valence-electron chi connectivity index (χ1n) is 8.71. The molecule has 0 amide bonds. The number of carbonyl (C=O) groups excluding carboxylic acids is 1. The number of nitro benzene ring substituents is 1. The molecule has 1 fully saturated rings. The number of nitrogens with zero attached hydrogens (tertiary/aromatic N) is 2. The minimum Gasteiger partial charge on any atom is -0.481 e. The Morgan fingerprint density at radius 1 is 1.07 bits per heavy atom. The Labute approximate surface area is 156 Å². The van der Waals surface area contributed by atoms with Crippen LogP contribution in [0.1, 0.15) is 28.8 Å². The zero-order chi connectivity index (χ0) is 19.4. The van der Waals surface area contributed by atoms with Gasteiger partial charge in [-0.15, -0.1) is 0 Å². The van der Waals surface area contributed by atoms with Crippen LogP contribution in [0.5, 0.6) is 0 Å². The van der Waals surface area contributed by atoms with Gasteiger partial charge in [0.05, 0.1) is 16.9 Å². The van der Waals surface area contributed by atoms with Crippen LogP contribution in [0.25, 0.3) is 0 Å². The Bertz CT molecular complexity index is 858. The predicted molar refractivity (Wildman–Crippen MR) is 98.9 cm³/mol. The third kappa shape index (κ3) is 3.88. The number of Topliss-reactive ketones (excluding diaryl/α,β-unsaturated/α-hetero) is 1. The van der Waals surface area contributed by atoms with Crippen molar-refractivity contribution >= 4 is 17.4 Å². The summed E-state index contributed by atoms with van der Waals surface area (Å²) in [6.45, 7) is 1.06. The van der Waals surface area contributed by atoms with Gasteiger partial charge in [-0.3, -0.25) is 24.6 Å². The summed E-state index contributed by atoms with van der Waals surface area (Å²) in [6, 6.07) is 14.9. The van der Waals surface area contributed by atoms with Gasteiger partial charge in [0.2, 0.25) is 0 Å². The van der Waals surface area contributed by atoms with Gasteiger partial charge in [0, 0.05) is 30.8 Å². The van der Waals surface area contributed by atoms with Crippen molar-refractivity contribution in [1.29, 1.82) is 0 Å². The van der Waals surface area contributed by atoms with Crippen LogP contribution in [0, 0.1) is 10.1 Å². The molecule has 1 aliphatic rings. The Morgan fingerprint density at radius 2 is 1.74 bits per heavy atom. The Hall–Kier alpha value is -3.06. The summed E-state index contributed by atoms with van der Waals surface area (Å²) in [5, 5.41) is 20.7. The van der Waals surface area contributed by atoms with Gasteiger partial charge in [-0.1, -0.05) is 42.5 Å². The molecule has 1 heterocycles. The van der Waals surface area contributed by atoms with E-state index in [1.807, 2.05) is 35.2 Å². The van der Waals surface area contributed by atoms with Gasteiger partial charge in [-0.05, 0) is 18.4 Å². The van der Waals surface area contributed by atoms with E-state index in [4.69, 9.17) is 0 Å². The molecule has 0 atom stereocenters. The highest BCUT2D eigenvalue weighted by molar-refractivity contribution is 5.98. The van der Waals surface area contributed by atoms with Gasteiger partial charge in [-0.2, -0.15) is 0 Å². The Kier molecular flexibility index (Phi) is 5.32. The van der Waals surface area contributed by atoms with Crippen LogP contribution in [0.4, 0.5) is 5.69 Å². The number of carbonyl (C=O) groups is 2. The van der Waals surface area contributed by atoms with Gasteiger partial charge in [0.15, 0.2) is 5.78 Å². The van der Waals surface area contributed by atoms with Crippen molar-refractivity contribution in [2.45, 2.75) is 18.3 Å². The average Bonchev–Trinajstić information content (AvgIpc) is 2.69. The second kappa shape index (κ2) is 7.67. The number of ketones is 1. The lowest BCUT2D eigenvalue weighted by Gasteiger charge is -2.39. The molecule has 2 aromatic carbocycles. The molecular weight excluding hydrogens is 348 g/mol. The van der Waals surface area contributed by atoms with E-state index in [9.17, 15) is 24.8 Å². The number of likely N-dealkylation sites (tertiary alicyclic amines) is 1. The van der Waals surface area contributed by atoms with Crippen molar-refractivity contribution < 1.29 is 19.6 Å². The van der Waals surface area contributed by atoms with E-state index in [0.29, 0.717) is 31.5 Å². The third-order valence-electron chi connectivity index (χ3n) is 5.19. The number of benzene rings is 2. The fourth-order valence-electron chi connectivity index (χ4n) is 3.56. The molecule has 0 bridgehead atoms. The highest BCUT2D eigenvalue weighted by atomic mass is 16.6. The molecule has 7 nitrogen and oxygen atoms in total. The van der Waals surface area contributed by atoms with Crippen molar-refractivity contribution in [2.75, 3.05) is 19.6 Å². The molecule has 0 aromatic heterocycles. The summed E-state index contributed by atoms with van der Waals surface area (Å²) in [7, 11) is 0. The smallest absolute Gasteiger partial charge is 0.314 e. The minimum atomic E-state index is -0.938. The molecule has 7 heteroatoms. The summed E-state index contributed by atoms with van der Waals surface area (Å²) in [5.74, 6) is -1.06. The van der Waals surface area contributed by atoms with E-state index in [2.05, 4.69) is 0 Å². The summed E-state index contributed by atoms with van der Waals surface area (Å²) in [4.78, 5) is 36.7. The molecule has 0 unspecified atom stereocenters. The quantitative estimate of drug-likeness (QED) is 0.478. The summed E-state index contributed by atoms with van der Waals surface area (Å²) >= 11 is 0. The van der Waals surface area contributed by atoms with E-state index in [1.165, 1.54) is 18.2 Å². The largest absolute Gasteiger partial charge is 0.481 e. The fraction of sp³-hybridized carbons (Fsp3) is 0.300. The van der Waals surface area contributed by atoms with Crippen molar-refractivity contribution in [1.82, 2.24) is 4.90 Å². The lowest BCUT2D eigenvalue weighted by atomic mass is 9.73. The molecular formula is C20H20N2O5. The molecule has 0 aliphatic carbocycles. The van der Waals surface area contributed by atoms with Gasteiger partial charge in [-0.25, -0.2) is 0 Å². The average molecular weight is 368 g/mol. The molecule has 0 spiro atoms. The van der Waals surface area contributed by atoms with Gasteiger partial charge >= 0.3 is 5.97 Å². The maximum atomic E-state index is 12.5. The van der Waals surface area contributed by atoms with E-state index in [0.717, 1.165) is 5.56 Å². The first-order valence-corrected chi connectivity index (χ1v) is 8.71. The fourth-order valence-corrected chi connectivity index (χ4v) is 3.56. The summed E-state index contributed by atoms with van der Waals surface area (Å²) in [5.41, 5.74) is 0.0183. The Morgan fingerprint density at radius 3 is 2.33 bits per heavy atom. The lowest BCUT2D eigenvalue weighted by Crippen LogP contribution is -2.48. The number of piperidine rings is 1. The van der Waals surface area contributed by atoms with E-state index < -0.39 is 16.3 Å². The molecule has 0 saturated carbocycles. The molecule has 1 saturated heterocycles. The summed E-state index contributed by atoms with van der Waals surface area (Å²) in [6.07, 6.45) is 0.823. The molecule has 1 N–H and O–H groups in total. The monoisotopic (exact) mass is 368 g/mol. The first kappa shape index (κ1) is 18.7. The third-order valence-corrected chi connectivity index (χ3v) is 5.19. The molecule has 140 valence electrons. The van der Waals surface area contributed by atoms with E-state index in [-0.39, 0.29) is 18.0 Å². The maximum absolute atomic E-state index is 12.5. The van der Waals surface area contributed by atoms with Gasteiger partial charge in [0.1, 0.15) is 0 Å². The van der Waals surface area contributed by atoms with Crippen LogP contribution < -0.4 is 0 Å². The molecule has 2 aromatic rings. The first-order chi connectivity index (χ1) is 12.9. The highest BCUT2D eigenvalue weighted by Crippen LogP contribution is 2.36. The van der Waals surface area contributed by atoms with Crippen molar-refractivity contribution in [3.63, 3.8) is 0 Å². The number of carboxylic acid groups (broad SMARTS) is 1.